The van der Waals surface area contributed by atoms with Gasteiger partial charge in [-0.25, -0.2) is 0 Å². The first-order valence-corrected chi connectivity index (χ1v) is 4.72. The number of fused-ring (bicyclic) bond motifs is 1. The van der Waals surface area contributed by atoms with Gasteiger partial charge in [0.2, 0.25) is 0 Å². The Hall–Kier alpha value is -0.570. The smallest absolute Gasteiger partial charge is 0.306 e. The number of hydrogen-bond acceptors (Lipinski definition) is 2. The average Bonchev–Trinajstić information content (AvgIpc) is 2.13. The highest BCUT2D eigenvalue weighted by Crippen LogP contribution is 2.43. The molecule has 1 aliphatic carbocycles. The number of nitrogens with one attached hydrogen (secondary N) is 1. The fourth-order valence-electron chi connectivity index (χ4n) is 2.51. The molecule has 0 aromatic carbocycles. The summed E-state index contributed by atoms with van der Waals surface area (Å²) in [5, 5.41) is 12.2. The molecule has 3 unspecified atom stereocenters. The Morgan fingerprint density at radius 3 is 3.08 bits per heavy atom. The summed E-state index contributed by atoms with van der Waals surface area (Å²) in [5.74, 6) is 0.499. The normalized spacial score (nSPS) is 40.8. The molecule has 3 nitrogen and oxygen atoms in total. The van der Waals surface area contributed by atoms with Crippen molar-refractivity contribution in [3.63, 3.8) is 0 Å². The molecule has 3 atom stereocenters. The molecule has 3 heteroatoms. The summed E-state index contributed by atoms with van der Waals surface area (Å²) in [6, 6.07) is 0. The number of carboxylic acids is 1. The average molecular weight is 169 g/mol. The maximum absolute atomic E-state index is 10.7. The summed E-state index contributed by atoms with van der Waals surface area (Å²) in [6.07, 6.45) is 3.15. The Bertz CT molecular complexity index is 193. The highest BCUT2D eigenvalue weighted by atomic mass is 16.4. The lowest BCUT2D eigenvalue weighted by Crippen LogP contribution is -2.44. The Morgan fingerprint density at radius 2 is 2.33 bits per heavy atom. The van der Waals surface area contributed by atoms with E-state index in [1.54, 1.807) is 0 Å². The van der Waals surface area contributed by atoms with Crippen molar-refractivity contribution >= 4 is 5.97 Å². The van der Waals surface area contributed by atoms with E-state index in [1.165, 1.54) is 0 Å². The van der Waals surface area contributed by atoms with Crippen LogP contribution < -0.4 is 5.32 Å². The number of hydrogen-bond donors (Lipinski definition) is 2. The van der Waals surface area contributed by atoms with Gasteiger partial charge in [-0.05, 0) is 44.2 Å². The van der Waals surface area contributed by atoms with Crippen molar-refractivity contribution in [2.45, 2.75) is 19.3 Å². The second kappa shape index (κ2) is 3.05. The van der Waals surface area contributed by atoms with Crippen LogP contribution in [0.1, 0.15) is 19.3 Å². The Kier molecular flexibility index (Phi) is 2.05. The summed E-state index contributed by atoms with van der Waals surface area (Å²) < 4.78 is 0. The van der Waals surface area contributed by atoms with Crippen molar-refractivity contribution in [2.75, 3.05) is 13.1 Å². The summed E-state index contributed by atoms with van der Waals surface area (Å²) in [6.45, 7) is 2.10. The van der Waals surface area contributed by atoms with Crippen molar-refractivity contribution in [3.05, 3.63) is 0 Å². The predicted octanol–water partition coefficient (Wildman–Crippen LogP) is 0.707. The minimum atomic E-state index is -0.585. The molecule has 2 N–H and O–H groups in total. The number of carbonyl (C=O) groups is 1. The van der Waals surface area contributed by atoms with Gasteiger partial charge in [0.25, 0.3) is 0 Å². The van der Waals surface area contributed by atoms with Gasteiger partial charge in [-0.3, -0.25) is 4.79 Å². The molecule has 0 aromatic heterocycles. The van der Waals surface area contributed by atoms with Crippen LogP contribution in [0.5, 0.6) is 0 Å². The van der Waals surface area contributed by atoms with Crippen LogP contribution in [0.15, 0.2) is 0 Å². The fraction of sp³-hybridized carbons (Fsp3) is 0.889. The molecule has 1 heterocycles. The number of rotatable bonds is 1. The van der Waals surface area contributed by atoms with Gasteiger partial charge < -0.3 is 10.4 Å². The summed E-state index contributed by atoms with van der Waals surface area (Å²) in [4.78, 5) is 10.7. The zero-order valence-electron chi connectivity index (χ0n) is 7.12. The monoisotopic (exact) mass is 169 g/mol. The third-order valence-corrected chi connectivity index (χ3v) is 3.29. The van der Waals surface area contributed by atoms with Crippen molar-refractivity contribution in [1.29, 1.82) is 0 Å². The molecule has 0 amide bonds. The standard InChI is InChI=1S/C9H15NO2/c11-9(12)8-4-6-5-10-3-1-2-7(6)8/h6-8,10H,1-5H2,(H,11,12). The van der Waals surface area contributed by atoms with E-state index in [2.05, 4.69) is 5.32 Å². The van der Waals surface area contributed by atoms with Crippen LogP contribution in [-0.2, 0) is 4.79 Å². The van der Waals surface area contributed by atoms with E-state index in [1.807, 2.05) is 0 Å². The highest BCUT2D eigenvalue weighted by Gasteiger charge is 2.44. The lowest BCUT2D eigenvalue weighted by molar-refractivity contribution is -0.151. The van der Waals surface area contributed by atoms with Gasteiger partial charge in [0.15, 0.2) is 0 Å². The maximum Gasteiger partial charge on any atom is 0.306 e. The fourth-order valence-corrected chi connectivity index (χ4v) is 2.51. The lowest BCUT2D eigenvalue weighted by Gasteiger charge is -2.41. The van der Waals surface area contributed by atoms with Gasteiger partial charge in [-0.15, -0.1) is 0 Å². The molecular weight excluding hydrogens is 154 g/mol. The zero-order valence-corrected chi connectivity index (χ0v) is 7.12. The van der Waals surface area contributed by atoms with Crippen LogP contribution in [0.2, 0.25) is 0 Å². The van der Waals surface area contributed by atoms with E-state index in [9.17, 15) is 4.79 Å². The maximum atomic E-state index is 10.7. The lowest BCUT2D eigenvalue weighted by atomic mass is 9.63. The second-order valence-corrected chi connectivity index (χ2v) is 3.95. The van der Waals surface area contributed by atoms with Gasteiger partial charge in [0.05, 0.1) is 5.92 Å². The first-order valence-electron chi connectivity index (χ1n) is 4.72. The molecule has 0 aromatic rings. The molecule has 1 saturated heterocycles. The minimum Gasteiger partial charge on any atom is -0.481 e. The van der Waals surface area contributed by atoms with E-state index in [0.717, 1.165) is 32.4 Å². The van der Waals surface area contributed by atoms with E-state index in [-0.39, 0.29) is 5.92 Å². The molecule has 1 aliphatic heterocycles. The van der Waals surface area contributed by atoms with Crippen molar-refractivity contribution < 1.29 is 9.90 Å². The van der Waals surface area contributed by atoms with Crippen LogP contribution in [-0.4, -0.2) is 24.2 Å². The van der Waals surface area contributed by atoms with E-state index in [0.29, 0.717) is 11.8 Å². The predicted molar refractivity (Wildman–Crippen MR) is 44.8 cm³/mol. The van der Waals surface area contributed by atoms with Gasteiger partial charge in [-0.2, -0.15) is 0 Å². The summed E-state index contributed by atoms with van der Waals surface area (Å²) in [5.41, 5.74) is 0. The largest absolute Gasteiger partial charge is 0.481 e. The molecule has 1 saturated carbocycles. The van der Waals surface area contributed by atoms with Crippen molar-refractivity contribution in [3.8, 4) is 0 Å². The molecule has 12 heavy (non-hydrogen) atoms. The quantitative estimate of drug-likeness (QED) is 0.607. The second-order valence-electron chi connectivity index (χ2n) is 3.95. The van der Waals surface area contributed by atoms with Crippen LogP contribution in [0.4, 0.5) is 0 Å². The SMILES string of the molecule is O=C(O)C1CC2CNCCCC21. The highest BCUT2D eigenvalue weighted by molar-refractivity contribution is 5.71. The van der Waals surface area contributed by atoms with Crippen LogP contribution >= 0.6 is 0 Å². The van der Waals surface area contributed by atoms with Gasteiger partial charge in [0.1, 0.15) is 0 Å². The first-order chi connectivity index (χ1) is 5.79. The van der Waals surface area contributed by atoms with Crippen molar-refractivity contribution in [2.24, 2.45) is 17.8 Å². The van der Waals surface area contributed by atoms with E-state index < -0.39 is 5.97 Å². The van der Waals surface area contributed by atoms with Crippen LogP contribution in [0.25, 0.3) is 0 Å². The minimum absolute atomic E-state index is 0.0325. The van der Waals surface area contributed by atoms with E-state index >= 15 is 0 Å². The third-order valence-electron chi connectivity index (χ3n) is 3.29. The zero-order chi connectivity index (χ0) is 8.55. The molecule has 0 bridgehead atoms. The molecule has 2 aliphatic rings. The summed E-state index contributed by atoms with van der Waals surface area (Å²) in [7, 11) is 0. The van der Waals surface area contributed by atoms with Crippen LogP contribution in [0, 0.1) is 17.8 Å². The third kappa shape index (κ3) is 1.22. The Balaban J connectivity index is 1.96. The molecular formula is C9H15NO2. The van der Waals surface area contributed by atoms with Gasteiger partial charge in [-0.1, -0.05) is 0 Å². The number of carboxylic acid groups (broad SMARTS) is 1. The van der Waals surface area contributed by atoms with Gasteiger partial charge in [0, 0.05) is 0 Å². The molecule has 0 radical (unpaired) electrons. The summed E-state index contributed by atoms with van der Waals surface area (Å²) >= 11 is 0. The van der Waals surface area contributed by atoms with Crippen LogP contribution in [0.3, 0.4) is 0 Å². The first kappa shape index (κ1) is 8.05. The Morgan fingerprint density at radius 1 is 1.50 bits per heavy atom. The number of aliphatic carboxylic acids is 1. The van der Waals surface area contributed by atoms with Gasteiger partial charge >= 0.3 is 5.97 Å². The molecule has 68 valence electrons. The molecule has 0 spiro atoms. The molecule has 2 fully saturated rings. The molecule has 2 rings (SSSR count). The van der Waals surface area contributed by atoms with Crippen molar-refractivity contribution in [1.82, 2.24) is 5.32 Å². The van der Waals surface area contributed by atoms with E-state index in [4.69, 9.17) is 5.11 Å². The topological polar surface area (TPSA) is 49.3 Å². The Labute approximate surface area is 72.2 Å².